The summed E-state index contributed by atoms with van der Waals surface area (Å²) in [5.74, 6) is -1.01. The number of azide groups is 1. The van der Waals surface area contributed by atoms with Crippen LogP contribution in [0.2, 0.25) is 0 Å². The second kappa shape index (κ2) is 5.78. The maximum absolute atomic E-state index is 10.7. The van der Waals surface area contributed by atoms with E-state index in [9.17, 15) is 4.79 Å². The molecule has 0 fully saturated rings. The van der Waals surface area contributed by atoms with Crippen molar-refractivity contribution < 1.29 is 9.90 Å². The molecule has 0 saturated heterocycles. The van der Waals surface area contributed by atoms with Crippen molar-refractivity contribution in [2.24, 2.45) is 5.11 Å². The maximum atomic E-state index is 10.7. The van der Waals surface area contributed by atoms with Crippen LogP contribution in [0.5, 0.6) is 0 Å². The number of carboxylic acid groups (broad SMARTS) is 1. The molecular weight excluding hydrogens is 268 g/mol. The van der Waals surface area contributed by atoms with Crippen molar-refractivity contribution >= 4 is 28.0 Å². The van der Waals surface area contributed by atoms with Gasteiger partial charge in [0.05, 0.1) is 17.3 Å². The molecule has 2 aromatic carbocycles. The van der Waals surface area contributed by atoms with E-state index in [1.54, 1.807) is 37.3 Å². The zero-order valence-corrected chi connectivity index (χ0v) is 11.1. The van der Waals surface area contributed by atoms with Gasteiger partial charge in [-0.2, -0.15) is 5.26 Å². The molecule has 0 aliphatic rings. The molecule has 6 heteroatoms. The molecule has 0 saturated carbocycles. The number of aliphatic carboxylic acids is 1. The van der Waals surface area contributed by atoms with Crippen LogP contribution in [0, 0.1) is 11.3 Å². The van der Waals surface area contributed by atoms with Gasteiger partial charge in [-0.3, -0.25) is 0 Å². The van der Waals surface area contributed by atoms with Gasteiger partial charge in [-0.15, -0.1) is 0 Å². The van der Waals surface area contributed by atoms with Gasteiger partial charge in [0.25, 0.3) is 0 Å². The summed E-state index contributed by atoms with van der Waals surface area (Å²) in [6.07, 6.45) is 1.13. The van der Waals surface area contributed by atoms with Crippen molar-refractivity contribution in [1.29, 1.82) is 5.26 Å². The summed E-state index contributed by atoms with van der Waals surface area (Å²) >= 11 is 0. The van der Waals surface area contributed by atoms with Crippen LogP contribution in [-0.4, -0.2) is 11.1 Å². The van der Waals surface area contributed by atoms with E-state index in [2.05, 4.69) is 10.0 Å². The van der Waals surface area contributed by atoms with E-state index in [1.807, 2.05) is 6.07 Å². The van der Waals surface area contributed by atoms with Crippen LogP contribution in [0.4, 0.5) is 5.69 Å². The third-order valence-electron chi connectivity index (χ3n) is 3.02. The zero-order chi connectivity index (χ0) is 15.4. The van der Waals surface area contributed by atoms with Crippen LogP contribution in [0.25, 0.3) is 26.8 Å². The van der Waals surface area contributed by atoms with Gasteiger partial charge in [-0.25, -0.2) is 4.79 Å². The Morgan fingerprint density at radius 1 is 1.38 bits per heavy atom. The van der Waals surface area contributed by atoms with Gasteiger partial charge >= 0.3 is 5.97 Å². The molecular formula is C15H10N4O2. The number of nitriles is 1. The number of hydrogen-bond acceptors (Lipinski definition) is 3. The fraction of sp³-hybridized carbons (Fsp3) is 0.0667. The van der Waals surface area contributed by atoms with Gasteiger partial charge in [0.2, 0.25) is 0 Å². The summed E-state index contributed by atoms with van der Waals surface area (Å²) in [6.45, 7) is 1.70. The lowest BCUT2D eigenvalue weighted by Crippen LogP contribution is -1.90. The van der Waals surface area contributed by atoms with Crippen LogP contribution in [0.1, 0.15) is 18.1 Å². The Bertz CT molecular complexity index is 856. The number of carboxylic acids is 1. The zero-order valence-electron chi connectivity index (χ0n) is 11.1. The topological polar surface area (TPSA) is 110 Å². The predicted octanol–water partition coefficient (Wildman–Crippen LogP) is 4.14. The van der Waals surface area contributed by atoms with E-state index in [0.29, 0.717) is 5.57 Å². The third-order valence-corrected chi connectivity index (χ3v) is 3.02. The first kappa shape index (κ1) is 14.1. The third kappa shape index (κ3) is 3.00. The van der Waals surface area contributed by atoms with Crippen LogP contribution in [0.15, 0.2) is 41.5 Å². The highest BCUT2D eigenvalue weighted by molar-refractivity contribution is 5.93. The molecule has 0 amide bonds. The van der Waals surface area contributed by atoms with Crippen LogP contribution >= 0.6 is 0 Å². The van der Waals surface area contributed by atoms with Crippen LogP contribution < -0.4 is 0 Å². The average Bonchev–Trinajstić information content (AvgIpc) is 2.45. The van der Waals surface area contributed by atoms with Gasteiger partial charge in [0.15, 0.2) is 0 Å². The molecule has 2 aromatic rings. The van der Waals surface area contributed by atoms with E-state index < -0.39 is 5.97 Å². The van der Waals surface area contributed by atoms with Crippen LogP contribution in [0.3, 0.4) is 0 Å². The Hall–Kier alpha value is -3.29. The Morgan fingerprint density at radius 2 is 2.14 bits per heavy atom. The average molecular weight is 278 g/mol. The lowest BCUT2D eigenvalue weighted by molar-refractivity contribution is -0.131. The molecule has 0 atom stereocenters. The molecule has 0 spiro atoms. The highest BCUT2D eigenvalue weighted by Gasteiger charge is 2.05. The fourth-order valence-electron chi connectivity index (χ4n) is 2.02. The number of hydrogen-bond donors (Lipinski definition) is 1. The fourth-order valence-corrected chi connectivity index (χ4v) is 2.02. The van der Waals surface area contributed by atoms with Gasteiger partial charge in [0.1, 0.15) is 0 Å². The largest absolute Gasteiger partial charge is 0.478 e. The molecule has 0 aromatic heterocycles. The minimum Gasteiger partial charge on any atom is -0.478 e. The summed E-state index contributed by atoms with van der Waals surface area (Å²) in [7, 11) is 0. The SMILES string of the molecule is C/C(=C\C(=O)O)c1ccc2cc(N=[N+]=[N-])c(C#N)cc2c1. The van der Waals surface area contributed by atoms with Crippen molar-refractivity contribution in [3.05, 3.63) is 58.0 Å². The van der Waals surface area contributed by atoms with Crippen molar-refractivity contribution in [3.63, 3.8) is 0 Å². The molecule has 21 heavy (non-hydrogen) atoms. The number of carbonyl (C=O) groups is 1. The molecule has 0 radical (unpaired) electrons. The Balaban J connectivity index is 2.64. The second-order valence-corrected chi connectivity index (χ2v) is 4.40. The minimum absolute atomic E-state index is 0.275. The molecule has 0 unspecified atom stereocenters. The van der Waals surface area contributed by atoms with Crippen LogP contribution in [-0.2, 0) is 4.79 Å². The highest BCUT2D eigenvalue weighted by atomic mass is 16.4. The molecule has 102 valence electrons. The summed E-state index contributed by atoms with van der Waals surface area (Å²) in [6, 6.07) is 10.6. The highest BCUT2D eigenvalue weighted by Crippen LogP contribution is 2.28. The number of allylic oxidation sites excluding steroid dienone is 1. The van der Waals surface area contributed by atoms with Crippen molar-refractivity contribution in [1.82, 2.24) is 0 Å². The van der Waals surface area contributed by atoms with E-state index >= 15 is 0 Å². The number of nitrogens with zero attached hydrogens (tertiary/aromatic N) is 4. The summed E-state index contributed by atoms with van der Waals surface area (Å²) in [4.78, 5) is 13.4. The molecule has 0 bridgehead atoms. The molecule has 2 rings (SSSR count). The smallest absolute Gasteiger partial charge is 0.328 e. The minimum atomic E-state index is -1.01. The van der Waals surface area contributed by atoms with Crippen molar-refractivity contribution in [2.45, 2.75) is 6.92 Å². The van der Waals surface area contributed by atoms with Gasteiger partial charge in [0, 0.05) is 11.0 Å². The first-order valence-electron chi connectivity index (χ1n) is 6.00. The summed E-state index contributed by atoms with van der Waals surface area (Å²) in [5.41, 5.74) is 10.4. The normalized spacial score (nSPS) is 10.8. The molecule has 6 nitrogen and oxygen atoms in total. The van der Waals surface area contributed by atoms with Gasteiger partial charge < -0.3 is 5.11 Å². The lowest BCUT2D eigenvalue weighted by Gasteiger charge is -2.06. The predicted molar refractivity (Wildman–Crippen MR) is 78.8 cm³/mol. The van der Waals surface area contributed by atoms with Gasteiger partial charge in [-0.05, 0) is 52.6 Å². The van der Waals surface area contributed by atoms with E-state index in [1.165, 1.54) is 0 Å². The molecule has 1 N–H and O–H groups in total. The maximum Gasteiger partial charge on any atom is 0.328 e. The Labute approximate surface area is 120 Å². The summed E-state index contributed by atoms with van der Waals surface area (Å²) in [5, 5.41) is 22.9. The number of benzene rings is 2. The molecule has 0 heterocycles. The number of rotatable bonds is 3. The van der Waals surface area contributed by atoms with Crippen molar-refractivity contribution in [3.8, 4) is 6.07 Å². The van der Waals surface area contributed by atoms with E-state index in [0.717, 1.165) is 22.4 Å². The Morgan fingerprint density at radius 3 is 2.76 bits per heavy atom. The van der Waals surface area contributed by atoms with E-state index in [-0.39, 0.29) is 11.3 Å². The van der Waals surface area contributed by atoms with E-state index in [4.69, 9.17) is 15.9 Å². The first-order valence-corrected chi connectivity index (χ1v) is 6.00. The van der Waals surface area contributed by atoms with Crippen molar-refractivity contribution in [2.75, 3.05) is 0 Å². The summed E-state index contributed by atoms with van der Waals surface area (Å²) < 4.78 is 0. The standard InChI is InChI=1S/C15H10N4O2/c1-9(4-15(20)21)10-2-3-11-7-14(18-19-17)13(8-16)6-12(11)5-10/h2-7H,1H3,(H,20,21)/b9-4+. The monoisotopic (exact) mass is 278 g/mol. The molecule has 0 aliphatic carbocycles. The molecule has 0 aliphatic heterocycles. The quantitative estimate of drug-likeness (QED) is 0.394. The Kier molecular flexibility index (Phi) is 3.89. The van der Waals surface area contributed by atoms with Gasteiger partial charge in [-0.1, -0.05) is 17.2 Å². The lowest BCUT2D eigenvalue weighted by atomic mass is 10.00. The number of fused-ring (bicyclic) bond motifs is 1. The first-order chi connectivity index (χ1) is 10.0. The second-order valence-electron chi connectivity index (χ2n) is 4.40.